The molecule has 3 rings (SSSR count). The third-order valence-electron chi connectivity index (χ3n) is 4.52. The van der Waals surface area contributed by atoms with Gasteiger partial charge in [-0.2, -0.15) is 0 Å². The van der Waals surface area contributed by atoms with Crippen molar-refractivity contribution < 1.29 is 13.9 Å². The number of oxazole rings is 1. The SMILES string of the molecule is CCNC(=NCc1cccc(OC)c1OC)NCc1coc(-c2ccc(C)cc2)n1.I. The number of benzene rings is 2. The molecule has 0 spiro atoms. The average Bonchev–Trinajstić information content (AvgIpc) is 3.24. The van der Waals surface area contributed by atoms with E-state index in [1.54, 1.807) is 20.5 Å². The molecule has 2 N–H and O–H groups in total. The highest BCUT2D eigenvalue weighted by Crippen LogP contribution is 2.31. The first-order valence-corrected chi connectivity index (χ1v) is 9.88. The molecule has 0 atom stereocenters. The zero-order valence-electron chi connectivity index (χ0n) is 18.3. The number of guanidine groups is 1. The fraction of sp³-hybridized carbons (Fsp3) is 0.304. The number of rotatable bonds is 8. The molecule has 0 saturated carbocycles. The molecule has 7 nitrogen and oxygen atoms in total. The van der Waals surface area contributed by atoms with E-state index < -0.39 is 0 Å². The van der Waals surface area contributed by atoms with Gasteiger partial charge in [0.2, 0.25) is 5.89 Å². The molecule has 0 fully saturated rings. The van der Waals surface area contributed by atoms with E-state index in [4.69, 9.17) is 13.9 Å². The molecule has 8 heteroatoms. The Kier molecular flexibility index (Phi) is 9.64. The first kappa shape index (κ1) is 24.5. The van der Waals surface area contributed by atoms with Crippen LogP contribution in [-0.2, 0) is 13.1 Å². The molecular weight excluding hydrogens is 507 g/mol. The lowest BCUT2D eigenvalue weighted by atomic mass is 10.1. The van der Waals surface area contributed by atoms with Crippen LogP contribution in [0.25, 0.3) is 11.5 Å². The number of aryl methyl sites for hydroxylation is 1. The highest BCUT2D eigenvalue weighted by atomic mass is 127. The molecule has 1 heterocycles. The molecule has 0 aliphatic carbocycles. The Bertz CT molecular complexity index is 987. The van der Waals surface area contributed by atoms with Gasteiger partial charge in [0.1, 0.15) is 6.26 Å². The van der Waals surface area contributed by atoms with Crippen LogP contribution in [0.2, 0.25) is 0 Å². The minimum Gasteiger partial charge on any atom is -0.493 e. The fourth-order valence-electron chi connectivity index (χ4n) is 2.98. The largest absolute Gasteiger partial charge is 0.493 e. The molecule has 0 aliphatic rings. The molecule has 0 radical (unpaired) electrons. The highest BCUT2D eigenvalue weighted by Gasteiger charge is 2.10. The summed E-state index contributed by atoms with van der Waals surface area (Å²) in [5, 5.41) is 6.53. The lowest BCUT2D eigenvalue weighted by Crippen LogP contribution is -2.36. The van der Waals surface area contributed by atoms with Crippen LogP contribution in [0, 0.1) is 6.92 Å². The Morgan fingerprint density at radius 3 is 2.52 bits per heavy atom. The van der Waals surface area contributed by atoms with Gasteiger partial charge >= 0.3 is 0 Å². The van der Waals surface area contributed by atoms with Gasteiger partial charge in [0.25, 0.3) is 0 Å². The standard InChI is InChI=1S/C23H28N4O3.HI/c1-5-24-23(25-13-18-7-6-8-20(28-3)21(18)29-4)26-14-19-15-30-22(27-19)17-11-9-16(2)10-12-17;/h6-12,15H,5,13-14H2,1-4H3,(H2,24,25,26);1H. The maximum atomic E-state index is 5.63. The van der Waals surface area contributed by atoms with Gasteiger partial charge in [0.05, 0.1) is 33.0 Å². The van der Waals surface area contributed by atoms with Crippen LogP contribution >= 0.6 is 24.0 Å². The predicted molar refractivity (Wildman–Crippen MR) is 133 cm³/mol. The number of aliphatic imine (C=N–C) groups is 1. The summed E-state index contributed by atoms with van der Waals surface area (Å²) < 4.78 is 16.5. The van der Waals surface area contributed by atoms with Gasteiger partial charge in [-0.05, 0) is 32.0 Å². The number of hydrogen-bond acceptors (Lipinski definition) is 5. The van der Waals surface area contributed by atoms with Crippen LogP contribution in [0.3, 0.4) is 0 Å². The van der Waals surface area contributed by atoms with Crippen molar-refractivity contribution in [3.63, 3.8) is 0 Å². The normalized spacial score (nSPS) is 10.9. The molecular formula is C23H29IN4O3. The van der Waals surface area contributed by atoms with E-state index in [1.807, 2.05) is 49.4 Å². The topological polar surface area (TPSA) is 80.9 Å². The maximum Gasteiger partial charge on any atom is 0.226 e. The Balaban J connectivity index is 0.00000341. The Labute approximate surface area is 200 Å². The van der Waals surface area contributed by atoms with Gasteiger partial charge in [-0.1, -0.05) is 29.8 Å². The number of methoxy groups -OCH3 is 2. The quantitative estimate of drug-likeness (QED) is 0.250. The monoisotopic (exact) mass is 536 g/mol. The van der Waals surface area contributed by atoms with E-state index in [9.17, 15) is 0 Å². The number of nitrogens with zero attached hydrogens (tertiary/aromatic N) is 2. The van der Waals surface area contributed by atoms with E-state index in [2.05, 4.69) is 27.5 Å². The molecule has 31 heavy (non-hydrogen) atoms. The number of para-hydroxylation sites is 1. The third-order valence-corrected chi connectivity index (χ3v) is 4.52. The van der Waals surface area contributed by atoms with E-state index in [1.165, 1.54) is 5.56 Å². The summed E-state index contributed by atoms with van der Waals surface area (Å²) in [5.74, 6) is 2.67. The van der Waals surface area contributed by atoms with Crippen molar-refractivity contribution in [2.75, 3.05) is 20.8 Å². The lowest BCUT2D eigenvalue weighted by molar-refractivity contribution is 0.352. The van der Waals surface area contributed by atoms with E-state index >= 15 is 0 Å². The van der Waals surface area contributed by atoms with Gasteiger partial charge < -0.3 is 24.5 Å². The second-order valence-electron chi connectivity index (χ2n) is 6.71. The van der Waals surface area contributed by atoms with Gasteiger partial charge in [0.15, 0.2) is 17.5 Å². The van der Waals surface area contributed by atoms with E-state index in [-0.39, 0.29) is 24.0 Å². The Morgan fingerprint density at radius 2 is 1.84 bits per heavy atom. The van der Waals surface area contributed by atoms with Crippen molar-refractivity contribution in [2.45, 2.75) is 26.9 Å². The first-order chi connectivity index (χ1) is 14.6. The zero-order valence-corrected chi connectivity index (χ0v) is 20.6. The smallest absolute Gasteiger partial charge is 0.226 e. The molecule has 0 unspecified atom stereocenters. The fourth-order valence-corrected chi connectivity index (χ4v) is 2.98. The van der Waals surface area contributed by atoms with Gasteiger partial charge in [0, 0.05) is 17.7 Å². The number of halogens is 1. The Morgan fingerprint density at radius 1 is 1.06 bits per heavy atom. The molecule has 166 valence electrons. The van der Waals surface area contributed by atoms with Crippen LogP contribution in [0.4, 0.5) is 0 Å². The summed E-state index contributed by atoms with van der Waals surface area (Å²) in [4.78, 5) is 9.22. The van der Waals surface area contributed by atoms with Crippen molar-refractivity contribution in [1.29, 1.82) is 0 Å². The number of hydrogen-bond donors (Lipinski definition) is 2. The van der Waals surface area contributed by atoms with Crippen LogP contribution in [0.1, 0.15) is 23.7 Å². The summed E-state index contributed by atoms with van der Waals surface area (Å²) in [7, 11) is 3.25. The number of ether oxygens (including phenoxy) is 2. The lowest BCUT2D eigenvalue weighted by Gasteiger charge is -2.13. The minimum absolute atomic E-state index is 0. The van der Waals surface area contributed by atoms with Crippen LogP contribution in [-0.4, -0.2) is 31.7 Å². The third kappa shape index (κ3) is 6.61. The average molecular weight is 536 g/mol. The molecule has 3 aromatic rings. The molecule has 0 aliphatic heterocycles. The summed E-state index contributed by atoms with van der Waals surface area (Å²) in [6.45, 7) is 5.76. The maximum absolute atomic E-state index is 5.63. The van der Waals surface area contributed by atoms with Gasteiger partial charge in [-0.3, -0.25) is 0 Å². The van der Waals surface area contributed by atoms with Crippen molar-refractivity contribution in [3.05, 3.63) is 65.5 Å². The summed E-state index contributed by atoms with van der Waals surface area (Å²) in [5.41, 5.74) is 3.90. The van der Waals surface area contributed by atoms with Crippen LogP contribution < -0.4 is 20.1 Å². The van der Waals surface area contributed by atoms with Crippen molar-refractivity contribution >= 4 is 29.9 Å². The molecule has 0 saturated heterocycles. The zero-order chi connectivity index (χ0) is 21.3. The van der Waals surface area contributed by atoms with Crippen molar-refractivity contribution in [2.24, 2.45) is 4.99 Å². The van der Waals surface area contributed by atoms with E-state index in [0.29, 0.717) is 36.4 Å². The molecule has 0 amide bonds. The number of nitrogens with one attached hydrogen (secondary N) is 2. The van der Waals surface area contributed by atoms with Gasteiger partial charge in [-0.15, -0.1) is 24.0 Å². The molecule has 1 aromatic heterocycles. The molecule has 0 bridgehead atoms. The minimum atomic E-state index is 0. The van der Waals surface area contributed by atoms with Crippen LogP contribution in [0.5, 0.6) is 11.5 Å². The molecule has 2 aromatic carbocycles. The van der Waals surface area contributed by atoms with E-state index in [0.717, 1.165) is 23.4 Å². The Hall–Kier alpha value is -2.75. The van der Waals surface area contributed by atoms with Crippen LogP contribution in [0.15, 0.2) is 58.1 Å². The highest BCUT2D eigenvalue weighted by molar-refractivity contribution is 14.0. The van der Waals surface area contributed by atoms with Crippen molar-refractivity contribution in [1.82, 2.24) is 15.6 Å². The predicted octanol–water partition coefficient (Wildman–Crippen LogP) is 4.54. The number of aromatic nitrogens is 1. The first-order valence-electron chi connectivity index (χ1n) is 9.88. The van der Waals surface area contributed by atoms with Crippen molar-refractivity contribution in [3.8, 4) is 23.0 Å². The second kappa shape index (κ2) is 12.2. The summed E-state index contributed by atoms with van der Waals surface area (Å²) in [6, 6.07) is 13.9. The van der Waals surface area contributed by atoms with Gasteiger partial charge in [-0.25, -0.2) is 9.98 Å². The summed E-state index contributed by atoms with van der Waals surface area (Å²) >= 11 is 0. The summed E-state index contributed by atoms with van der Waals surface area (Å²) in [6.07, 6.45) is 1.66. The second-order valence-corrected chi connectivity index (χ2v) is 6.71.